The second kappa shape index (κ2) is 10.6. The molecule has 0 aromatic carbocycles. The maximum atomic E-state index is 13.2. The van der Waals surface area contributed by atoms with Gasteiger partial charge in [0, 0.05) is 18.0 Å². The summed E-state index contributed by atoms with van der Waals surface area (Å²) in [6.07, 6.45) is 2.54. The molecule has 1 aliphatic heterocycles. The number of hydrogen-bond donors (Lipinski definition) is 2. The summed E-state index contributed by atoms with van der Waals surface area (Å²) in [5.74, 6) is -1.11. The van der Waals surface area contributed by atoms with Crippen LogP contribution in [0, 0.1) is 11.8 Å². The van der Waals surface area contributed by atoms with E-state index < -0.39 is 27.9 Å². The number of anilines is 1. The number of amides is 3. The summed E-state index contributed by atoms with van der Waals surface area (Å²) in [5.41, 5.74) is 1.12. The largest absolute Gasteiger partial charge is 0.453 e. The lowest BCUT2D eigenvalue weighted by molar-refractivity contribution is -0.120. The van der Waals surface area contributed by atoms with Crippen molar-refractivity contribution in [1.29, 1.82) is 0 Å². The Morgan fingerprint density at radius 1 is 1.20 bits per heavy atom. The van der Waals surface area contributed by atoms with E-state index in [1.54, 1.807) is 0 Å². The predicted molar refractivity (Wildman–Crippen MR) is 135 cm³/mol. The Kier molecular flexibility index (Phi) is 7.86. The molecule has 0 bridgehead atoms. The summed E-state index contributed by atoms with van der Waals surface area (Å²) in [7, 11) is -2.58. The minimum Gasteiger partial charge on any atom is -0.453 e. The predicted octanol–water partition coefficient (Wildman–Crippen LogP) is 4.12. The van der Waals surface area contributed by atoms with Crippen molar-refractivity contribution in [2.75, 3.05) is 25.5 Å². The van der Waals surface area contributed by atoms with Gasteiger partial charge < -0.3 is 10.1 Å². The van der Waals surface area contributed by atoms with Gasteiger partial charge in [0.2, 0.25) is 5.91 Å². The lowest BCUT2D eigenvalue weighted by atomic mass is 9.88. The Morgan fingerprint density at radius 2 is 1.97 bits per heavy atom. The number of fused-ring (bicyclic) bond motifs is 1. The minimum atomic E-state index is -3.75. The van der Waals surface area contributed by atoms with Gasteiger partial charge in [-0.15, -0.1) is 22.7 Å². The standard InChI is InChI=1S/C22H26ClN3O6S3/c1-12-5-6-14-15(10-12)33-21(18(14)20(28)25-22(29)32-2)24-19(27)13-4-3-9-26(11-13)35(30,31)17-8-7-16(23)34-17/h7-8,12-13H,3-6,9-11H2,1-2H3,(H,24,27)(H,25,28,29). The summed E-state index contributed by atoms with van der Waals surface area (Å²) >= 11 is 8.24. The number of ether oxygens (including phenoxy) is 1. The lowest BCUT2D eigenvalue weighted by Gasteiger charge is -2.30. The molecule has 0 spiro atoms. The van der Waals surface area contributed by atoms with Crippen molar-refractivity contribution in [1.82, 2.24) is 9.62 Å². The number of methoxy groups -OCH3 is 1. The number of imide groups is 1. The first-order chi connectivity index (χ1) is 16.6. The Bertz CT molecular complexity index is 1260. The number of piperidine rings is 1. The molecule has 2 aromatic heterocycles. The van der Waals surface area contributed by atoms with Gasteiger partial charge in [0.25, 0.3) is 15.9 Å². The average Bonchev–Trinajstić information content (AvgIpc) is 3.42. The number of halogens is 1. The van der Waals surface area contributed by atoms with Crippen LogP contribution in [0.4, 0.5) is 9.80 Å². The molecule has 1 saturated heterocycles. The maximum Gasteiger partial charge on any atom is 0.413 e. The van der Waals surface area contributed by atoms with Crippen LogP contribution in [0.15, 0.2) is 16.3 Å². The van der Waals surface area contributed by atoms with Gasteiger partial charge in [-0.05, 0) is 55.7 Å². The SMILES string of the molecule is COC(=O)NC(=O)c1c(NC(=O)C2CCCN(S(=O)(=O)c3ccc(Cl)s3)C2)sc2c1CCC(C)C2. The molecule has 2 aromatic rings. The molecule has 3 heterocycles. The fourth-order valence-corrected chi connectivity index (χ4v) is 9.01. The number of sulfonamides is 1. The molecule has 9 nitrogen and oxygen atoms in total. The smallest absolute Gasteiger partial charge is 0.413 e. The molecular formula is C22H26ClN3O6S3. The zero-order chi connectivity index (χ0) is 25.3. The molecule has 190 valence electrons. The van der Waals surface area contributed by atoms with Gasteiger partial charge in [-0.25, -0.2) is 13.2 Å². The summed E-state index contributed by atoms with van der Waals surface area (Å²) in [6.45, 7) is 2.49. The number of rotatable bonds is 5. The maximum absolute atomic E-state index is 13.2. The van der Waals surface area contributed by atoms with Crippen LogP contribution in [-0.2, 0) is 32.4 Å². The lowest BCUT2D eigenvalue weighted by Crippen LogP contribution is -2.43. The van der Waals surface area contributed by atoms with E-state index in [0.717, 1.165) is 34.6 Å². The highest BCUT2D eigenvalue weighted by Crippen LogP contribution is 2.40. The van der Waals surface area contributed by atoms with Crippen LogP contribution in [0.3, 0.4) is 0 Å². The number of carbonyl (C=O) groups excluding carboxylic acids is 3. The first kappa shape index (κ1) is 26.1. The molecule has 4 rings (SSSR count). The van der Waals surface area contributed by atoms with Crippen LogP contribution in [-0.4, -0.2) is 50.8 Å². The van der Waals surface area contributed by atoms with Crippen LogP contribution in [0.5, 0.6) is 0 Å². The van der Waals surface area contributed by atoms with E-state index in [2.05, 4.69) is 22.3 Å². The summed E-state index contributed by atoms with van der Waals surface area (Å²) in [6, 6.07) is 3.00. The second-order valence-corrected chi connectivity index (χ2v) is 13.7. The van der Waals surface area contributed by atoms with Gasteiger partial charge in [0.05, 0.1) is 22.9 Å². The Hall–Kier alpha value is -1.99. The topological polar surface area (TPSA) is 122 Å². The van der Waals surface area contributed by atoms with Gasteiger partial charge in [-0.3, -0.25) is 14.9 Å². The zero-order valence-electron chi connectivity index (χ0n) is 19.3. The first-order valence-electron chi connectivity index (χ1n) is 11.2. The molecule has 13 heteroatoms. The fraction of sp³-hybridized carbons (Fsp3) is 0.500. The van der Waals surface area contributed by atoms with Crippen LogP contribution < -0.4 is 10.6 Å². The van der Waals surface area contributed by atoms with Crippen LogP contribution in [0.1, 0.15) is 47.0 Å². The Balaban J connectivity index is 1.55. The molecule has 0 saturated carbocycles. The van der Waals surface area contributed by atoms with E-state index in [-0.39, 0.29) is 22.2 Å². The fourth-order valence-electron chi connectivity index (χ4n) is 4.44. The van der Waals surface area contributed by atoms with E-state index in [0.29, 0.717) is 41.1 Å². The van der Waals surface area contributed by atoms with Crippen molar-refractivity contribution < 1.29 is 27.5 Å². The van der Waals surface area contributed by atoms with Crippen molar-refractivity contribution in [3.63, 3.8) is 0 Å². The van der Waals surface area contributed by atoms with Crippen molar-refractivity contribution in [2.24, 2.45) is 11.8 Å². The number of nitrogens with zero attached hydrogens (tertiary/aromatic N) is 1. The summed E-state index contributed by atoms with van der Waals surface area (Å²) in [5, 5.41) is 5.43. The minimum absolute atomic E-state index is 0.0372. The Morgan fingerprint density at radius 3 is 2.66 bits per heavy atom. The third-order valence-electron chi connectivity index (χ3n) is 6.27. The molecule has 0 radical (unpaired) electrons. The van der Waals surface area contributed by atoms with Gasteiger partial charge >= 0.3 is 6.09 Å². The number of nitrogens with one attached hydrogen (secondary N) is 2. The van der Waals surface area contributed by atoms with E-state index >= 15 is 0 Å². The molecule has 2 unspecified atom stereocenters. The number of hydrogen-bond acceptors (Lipinski definition) is 8. The highest BCUT2D eigenvalue weighted by atomic mass is 35.5. The van der Waals surface area contributed by atoms with E-state index in [4.69, 9.17) is 11.6 Å². The summed E-state index contributed by atoms with van der Waals surface area (Å²) < 4.78 is 32.4. The molecule has 2 aliphatic rings. The van der Waals surface area contributed by atoms with Crippen molar-refractivity contribution in [2.45, 2.75) is 43.2 Å². The molecule has 35 heavy (non-hydrogen) atoms. The van der Waals surface area contributed by atoms with Crippen LogP contribution in [0.2, 0.25) is 4.34 Å². The number of carbonyl (C=O) groups is 3. The van der Waals surface area contributed by atoms with Crippen molar-refractivity contribution in [3.05, 3.63) is 32.5 Å². The van der Waals surface area contributed by atoms with Gasteiger partial charge in [0.15, 0.2) is 0 Å². The summed E-state index contributed by atoms with van der Waals surface area (Å²) in [4.78, 5) is 38.8. The molecule has 1 aliphatic carbocycles. The van der Waals surface area contributed by atoms with Crippen LogP contribution in [0.25, 0.3) is 0 Å². The first-order valence-corrected chi connectivity index (χ1v) is 14.7. The van der Waals surface area contributed by atoms with E-state index in [1.807, 2.05) is 0 Å². The van der Waals surface area contributed by atoms with E-state index in [1.165, 1.54) is 34.9 Å². The molecule has 2 N–H and O–H groups in total. The monoisotopic (exact) mass is 559 g/mol. The molecule has 1 fully saturated rings. The highest BCUT2D eigenvalue weighted by Gasteiger charge is 2.36. The third-order valence-corrected chi connectivity index (χ3v) is 11.0. The number of thiophene rings is 2. The van der Waals surface area contributed by atoms with E-state index in [9.17, 15) is 22.8 Å². The van der Waals surface area contributed by atoms with Gasteiger partial charge in [-0.2, -0.15) is 4.31 Å². The van der Waals surface area contributed by atoms with Gasteiger partial charge in [0.1, 0.15) is 9.21 Å². The third kappa shape index (κ3) is 5.56. The second-order valence-electron chi connectivity index (χ2n) is 8.75. The quantitative estimate of drug-likeness (QED) is 0.568. The van der Waals surface area contributed by atoms with Crippen molar-refractivity contribution in [3.8, 4) is 0 Å². The molecular weight excluding hydrogens is 534 g/mol. The van der Waals surface area contributed by atoms with Gasteiger partial charge in [-0.1, -0.05) is 18.5 Å². The van der Waals surface area contributed by atoms with Crippen LogP contribution >= 0.6 is 34.3 Å². The highest BCUT2D eigenvalue weighted by molar-refractivity contribution is 7.91. The average molecular weight is 560 g/mol. The molecule has 3 amide bonds. The van der Waals surface area contributed by atoms with Crippen molar-refractivity contribution >= 4 is 67.2 Å². The Labute approximate surface area is 216 Å². The zero-order valence-corrected chi connectivity index (χ0v) is 22.5. The normalized spacial score (nSPS) is 20.7. The molecule has 2 atom stereocenters. The number of alkyl carbamates (subject to hydrolysis) is 1.